The lowest BCUT2D eigenvalue weighted by molar-refractivity contribution is -0.143. The molecule has 0 aliphatic carbocycles. The number of rotatable bonds is 5. The van der Waals surface area contributed by atoms with E-state index >= 15 is 0 Å². The second-order valence-electron chi connectivity index (χ2n) is 5.48. The van der Waals surface area contributed by atoms with Crippen LogP contribution in [0.4, 0.5) is 0 Å². The maximum absolute atomic E-state index is 12.4. The van der Waals surface area contributed by atoms with Crippen molar-refractivity contribution in [1.29, 1.82) is 0 Å². The Labute approximate surface area is 120 Å². The average Bonchev–Trinajstić information content (AvgIpc) is 2.74. The van der Waals surface area contributed by atoms with Crippen molar-refractivity contribution in [3.63, 3.8) is 0 Å². The molecule has 1 atom stereocenters. The number of amides is 1. The van der Waals surface area contributed by atoms with Gasteiger partial charge in [0.05, 0.1) is 0 Å². The van der Waals surface area contributed by atoms with E-state index in [9.17, 15) is 9.59 Å². The van der Waals surface area contributed by atoms with E-state index < -0.39 is 12.1 Å². The summed E-state index contributed by atoms with van der Waals surface area (Å²) in [5.41, 5.74) is 0.435. The zero-order valence-corrected chi connectivity index (χ0v) is 13.1. The van der Waals surface area contributed by atoms with E-state index in [0.717, 1.165) is 0 Å². The molecule has 0 aliphatic heterocycles. The Morgan fingerprint density at radius 2 is 1.70 bits per heavy atom. The maximum atomic E-state index is 12.4. The molecule has 0 spiro atoms. The molecule has 0 aliphatic rings. The quantitative estimate of drug-likeness (QED) is 0.777. The predicted octanol–water partition coefficient (Wildman–Crippen LogP) is 2.22. The van der Waals surface area contributed by atoms with Crippen LogP contribution in [-0.2, 0) is 16.6 Å². The number of esters is 1. The van der Waals surface area contributed by atoms with Crippen LogP contribution in [0.5, 0.6) is 0 Å². The second kappa shape index (κ2) is 6.59. The Kier molecular flexibility index (Phi) is 5.36. The summed E-state index contributed by atoms with van der Waals surface area (Å²) in [6.45, 7) is 9.40. The van der Waals surface area contributed by atoms with Crippen molar-refractivity contribution in [2.24, 2.45) is 7.05 Å². The van der Waals surface area contributed by atoms with E-state index in [1.165, 1.54) is 0 Å². The van der Waals surface area contributed by atoms with Gasteiger partial charge in [0.1, 0.15) is 5.69 Å². The van der Waals surface area contributed by atoms with Crippen molar-refractivity contribution in [3.05, 3.63) is 24.0 Å². The minimum Gasteiger partial charge on any atom is -0.448 e. The van der Waals surface area contributed by atoms with E-state index in [4.69, 9.17) is 4.74 Å². The van der Waals surface area contributed by atoms with E-state index in [0.29, 0.717) is 5.69 Å². The lowest BCUT2D eigenvalue weighted by atomic mass is 10.2. The van der Waals surface area contributed by atoms with E-state index in [1.807, 2.05) is 27.7 Å². The highest BCUT2D eigenvalue weighted by molar-refractivity contribution is 5.91. The van der Waals surface area contributed by atoms with Crippen LogP contribution in [0.3, 0.4) is 0 Å². The van der Waals surface area contributed by atoms with Crippen molar-refractivity contribution in [1.82, 2.24) is 9.47 Å². The summed E-state index contributed by atoms with van der Waals surface area (Å²) < 4.78 is 6.94. The van der Waals surface area contributed by atoms with Gasteiger partial charge in [0, 0.05) is 25.3 Å². The molecule has 5 nitrogen and oxygen atoms in total. The van der Waals surface area contributed by atoms with Crippen LogP contribution >= 0.6 is 0 Å². The minimum atomic E-state index is -0.790. The molecule has 20 heavy (non-hydrogen) atoms. The van der Waals surface area contributed by atoms with Crippen LogP contribution in [0.1, 0.15) is 45.1 Å². The van der Waals surface area contributed by atoms with Crippen LogP contribution in [0.25, 0.3) is 0 Å². The number of aryl methyl sites for hydroxylation is 1. The molecule has 0 radical (unpaired) electrons. The summed E-state index contributed by atoms with van der Waals surface area (Å²) in [5.74, 6) is -0.650. The van der Waals surface area contributed by atoms with Gasteiger partial charge in [-0.25, -0.2) is 4.79 Å². The van der Waals surface area contributed by atoms with Crippen LogP contribution < -0.4 is 0 Å². The van der Waals surface area contributed by atoms with Gasteiger partial charge in [-0.15, -0.1) is 0 Å². The fraction of sp³-hybridized carbons (Fsp3) is 0.600. The van der Waals surface area contributed by atoms with E-state index in [2.05, 4.69) is 0 Å². The summed E-state index contributed by atoms with van der Waals surface area (Å²) in [4.78, 5) is 26.1. The summed E-state index contributed by atoms with van der Waals surface area (Å²) in [5, 5.41) is 0. The molecule has 1 unspecified atom stereocenters. The number of ether oxygens (including phenoxy) is 1. The Bertz CT molecular complexity index is 469. The molecular formula is C15H24N2O3. The van der Waals surface area contributed by atoms with Crippen molar-refractivity contribution in [3.8, 4) is 0 Å². The molecule has 0 saturated carbocycles. The van der Waals surface area contributed by atoms with Crippen LogP contribution in [-0.4, -0.2) is 39.5 Å². The fourth-order valence-electron chi connectivity index (χ4n) is 2.26. The monoisotopic (exact) mass is 280 g/mol. The molecule has 112 valence electrons. The van der Waals surface area contributed by atoms with E-state index in [1.54, 1.807) is 41.8 Å². The number of hydrogen-bond acceptors (Lipinski definition) is 3. The Morgan fingerprint density at radius 3 is 2.10 bits per heavy atom. The average molecular weight is 280 g/mol. The molecule has 0 N–H and O–H groups in total. The first-order chi connectivity index (χ1) is 9.25. The third-order valence-electron chi connectivity index (χ3n) is 3.15. The first-order valence-corrected chi connectivity index (χ1v) is 6.90. The Hall–Kier alpha value is -1.78. The molecule has 1 aromatic rings. The van der Waals surface area contributed by atoms with Gasteiger partial charge in [-0.05, 0) is 46.8 Å². The zero-order valence-electron chi connectivity index (χ0n) is 13.1. The van der Waals surface area contributed by atoms with Crippen molar-refractivity contribution in [2.45, 2.75) is 52.8 Å². The molecular weight excluding hydrogens is 256 g/mol. The standard InChI is InChI=1S/C15H24N2O3/c1-10(2)17(11(3)4)14(18)12(5)20-15(19)13-8-7-9-16(13)6/h7-12H,1-6H3. The lowest BCUT2D eigenvalue weighted by Crippen LogP contribution is -2.47. The van der Waals surface area contributed by atoms with Crippen molar-refractivity contribution >= 4 is 11.9 Å². The van der Waals surface area contributed by atoms with Crippen molar-refractivity contribution < 1.29 is 14.3 Å². The number of carbonyl (C=O) groups excluding carboxylic acids is 2. The summed E-state index contributed by atoms with van der Waals surface area (Å²) in [7, 11) is 1.76. The van der Waals surface area contributed by atoms with Gasteiger partial charge < -0.3 is 14.2 Å². The predicted molar refractivity (Wildman–Crippen MR) is 77.4 cm³/mol. The van der Waals surface area contributed by atoms with Gasteiger partial charge in [0.2, 0.25) is 0 Å². The van der Waals surface area contributed by atoms with Gasteiger partial charge in [-0.3, -0.25) is 4.79 Å². The third kappa shape index (κ3) is 3.62. The SMILES string of the molecule is CC(OC(=O)c1cccn1C)C(=O)N(C(C)C)C(C)C. The minimum absolute atomic E-state index is 0.0682. The molecule has 0 bridgehead atoms. The molecule has 0 saturated heterocycles. The third-order valence-corrected chi connectivity index (χ3v) is 3.15. The van der Waals surface area contributed by atoms with Crippen LogP contribution in [0.15, 0.2) is 18.3 Å². The first-order valence-electron chi connectivity index (χ1n) is 6.90. The van der Waals surface area contributed by atoms with Gasteiger partial charge in [0.15, 0.2) is 6.10 Å². The molecule has 0 fully saturated rings. The fourth-order valence-corrected chi connectivity index (χ4v) is 2.26. The highest BCUT2D eigenvalue weighted by atomic mass is 16.5. The summed E-state index contributed by atoms with van der Waals surface area (Å²) in [6.07, 6.45) is 0.972. The highest BCUT2D eigenvalue weighted by Gasteiger charge is 2.28. The molecule has 5 heteroatoms. The van der Waals surface area contributed by atoms with Crippen LogP contribution in [0, 0.1) is 0 Å². The number of nitrogens with zero attached hydrogens (tertiary/aromatic N) is 2. The number of aromatic nitrogens is 1. The Morgan fingerprint density at radius 1 is 1.15 bits per heavy atom. The molecule has 1 amide bonds. The lowest BCUT2D eigenvalue weighted by Gasteiger charge is -2.32. The summed E-state index contributed by atoms with van der Waals surface area (Å²) >= 11 is 0. The normalized spacial score (nSPS) is 12.6. The Balaban J connectivity index is 2.75. The molecule has 1 rings (SSSR count). The largest absolute Gasteiger partial charge is 0.448 e. The van der Waals surface area contributed by atoms with Gasteiger partial charge in [-0.2, -0.15) is 0 Å². The molecule has 0 aromatic carbocycles. The topological polar surface area (TPSA) is 51.5 Å². The van der Waals surface area contributed by atoms with Gasteiger partial charge in [-0.1, -0.05) is 0 Å². The van der Waals surface area contributed by atoms with Crippen molar-refractivity contribution in [2.75, 3.05) is 0 Å². The number of hydrogen-bond donors (Lipinski definition) is 0. The number of carbonyl (C=O) groups is 2. The van der Waals surface area contributed by atoms with E-state index in [-0.39, 0.29) is 18.0 Å². The molecule has 1 heterocycles. The van der Waals surface area contributed by atoms with Gasteiger partial charge >= 0.3 is 5.97 Å². The zero-order chi connectivity index (χ0) is 15.4. The van der Waals surface area contributed by atoms with Crippen LogP contribution in [0.2, 0.25) is 0 Å². The first kappa shape index (κ1) is 16.3. The van der Waals surface area contributed by atoms with Gasteiger partial charge in [0.25, 0.3) is 5.91 Å². The smallest absolute Gasteiger partial charge is 0.355 e. The second-order valence-corrected chi connectivity index (χ2v) is 5.48. The molecule has 1 aromatic heterocycles. The maximum Gasteiger partial charge on any atom is 0.355 e. The summed E-state index contributed by atoms with van der Waals surface area (Å²) in [6, 6.07) is 3.57. The highest BCUT2D eigenvalue weighted by Crippen LogP contribution is 2.11.